The van der Waals surface area contributed by atoms with E-state index in [1.165, 1.54) is 18.2 Å². The quantitative estimate of drug-likeness (QED) is 0.531. The Kier molecular flexibility index (Phi) is 7.47. The summed E-state index contributed by atoms with van der Waals surface area (Å²) in [6.45, 7) is 7.13. The Bertz CT molecular complexity index is 1050. The first-order chi connectivity index (χ1) is 15.3. The molecule has 0 aliphatic carbocycles. The molecule has 0 unspecified atom stereocenters. The van der Waals surface area contributed by atoms with Gasteiger partial charge in [0.2, 0.25) is 0 Å². The lowest BCUT2D eigenvalue weighted by molar-refractivity contribution is -0.137. The Labute approximate surface area is 183 Å². The number of carbonyl (C=O) groups is 1. The molecule has 0 saturated carbocycles. The number of alkyl halides is 3. The molecule has 3 rings (SSSR count). The summed E-state index contributed by atoms with van der Waals surface area (Å²) in [7, 11) is 0. The summed E-state index contributed by atoms with van der Waals surface area (Å²) in [6.07, 6.45) is -3.41. The van der Waals surface area contributed by atoms with Gasteiger partial charge in [-0.15, -0.1) is 5.10 Å². The number of ether oxygens (including phenoxy) is 1. The molecular formula is C22H24F3N5O2. The first kappa shape index (κ1) is 23.3. The number of nitrogens with one attached hydrogen (secondary N) is 1. The summed E-state index contributed by atoms with van der Waals surface area (Å²) in [5.74, 6) is -0.122. The van der Waals surface area contributed by atoms with E-state index in [1.54, 1.807) is 24.3 Å². The molecule has 0 aliphatic heterocycles. The summed E-state index contributed by atoms with van der Waals surface area (Å²) < 4.78 is 46.6. The van der Waals surface area contributed by atoms with E-state index in [0.29, 0.717) is 18.0 Å². The lowest BCUT2D eigenvalue weighted by Crippen LogP contribution is -2.28. The number of benzene rings is 2. The van der Waals surface area contributed by atoms with Crippen molar-refractivity contribution >= 4 is 11.6 Å². The molecular weight excluding hydrogens is 423 g/mol. The number of anilines is 1. The monoisotopic (exact) mass is 447 g/mol. The number of rotatable bonds is 9. The second-order valence-corrected chi connectivity index (χ2v) is 6.89. The van der Waals surface area contributed by atoms with Crippen LogP contribution in [0.25, 0.3) is 5.69 Å². The van der Waals surface area contributed by atoms with E-state index >= 15 is 0 Å². The maximum Gasteiger partial charge on any atom is 0.418 e. The van der Waals surface area contributed by atoms with Crippen molar-refractivity contribution in [2.45, 2.75) is 20.0 Å². The van der Waals surface area contributed by atoms with Gasteiger partial charge in [0.15, 0.2) is 5.69 Å². The normalized spacial score (nSPS) is 11.6. The fraction of sp³-hybridized carbons (Fsp3) is 0.318. The number of amides is 1. The van der Waals surface area contributed by atoms with Gasteiger partial charge < -0.3 is 15.0 Å². The first-order valence-electron chi connectivity index (χ1n) is 10.2. The van der Waals surface area contributed by atoms with E-state index in [9.17, 15) is 18.0 Å². The van der Waals surface area contributed by atoms with E-state index in [4.69, 9.17) is 4.74 Å². The molecule has 0 bridgehead atoms. The predicted octanol–water partition coefficient (Wildman–Crippen LogP) is 4.26. The standard InChI is InChI=1S/C22H24F3N5O2/c1-3-29(4-2)13-14-32-20-12-8-6-10-17(20)26-21(31)18-15-30(28-27-18)19-11-7-5-9-16(19)22(23,24)25/h5-12,15H,3-4,13-14H2,1-2H3,(H,26,31). The van der Waals surface area contributed by atoms with Crippen molar-refractivity contribution in [2.75, 3.05) is 31.6 Å². The minimum Gasteiger partial charge on any atom is -0.490 e. The maximum atomic E-state index is 13.3. The maximum absolute atomic E-state index is 13.3. The Morgan fingerprint density at radius 2 is 1.78 bits per heavy atom. The summed E-state index contributed by atoms with van der Waals surface area (Å²) in [4.78, 5) is 14.9. The molecule has 7 nitrogen and oxygen atoms in total. The van der Waals surface area contributed by atoms with Crippen molar-refractivity contribution < 1.29 is 22.7 Å². The summed E-state index contributed by atoms with van der Waals surface area (Å²) in [6, 6.07) is 11.9. The summed E-state index contributed by atoms with van der Waals surface area (Å²) in [5.41, 5.74) is -0.780. The highest BCUT2D eigenvalue weighted by atomic mass is 19.4. The zero-order valence-corrected chi connectivity index (χ0v) is 17.8. The summed E-state index contributed by atoms with van der Waals surface area (Å²) >= 11 is 0. The second-order valence-electron chi connectivity index (χ2n) is 6.89. The topological polar surface area (TPSA) is 72.3 Å². The Morgan fingerprint density at radius 3 is 2.50 bits per heavy atom. The third-order valence-corrected chi connectivity index (χ3v) is 4.88. The van der Waals surface area contributed by atoms with E-state index in [1.807, 2.05) is 0 Å². The van der Waals surface area contributed by atoms with Gasteiger partial charge in [-0.25, -0.2) is 4.68 Å². The number of carbonyl (C=O) groups excluding carboxylic acids is 1. The predicted molar refractivity (Wildman–Crippen MR) is 114 cm³/mol. The van der Waals surface area contributed by atoms with Crippen molar-refractivity contribution in [3.63, 3.8) is 0 Å². The highest BCUT2D eigenvalue weighted by molar-refractivity contribution is 6.03. The molecule has 2 aromatic carbocycles. The number of nitrogens with zero attached hydrogens (tertiary/aromatic N) is 4. The zero-order chi connectivity index (χ0) is 23.1. The van der Waals surface area contributed by atoms with Crippen LogP contribution in [0.1, 0.15) is 29.9 Å². The highest BCUT2D eigenvalue weighted by Gasteiger charge is 2.34. The molecule has 10 heteroatoms. The van der Waals surface area contributed by atoms with E-state index < -0.39 is 17.6 Å². The lowest BCUT2D eigenvalue weighted by Gasteiger charge is -2.19. The third kappa shape index (κ3) is 5.64. The van der Waals surface area contributed by atoms with Crippen molar-refractivity contribution in [1.29, 1.82) is 0 Å². The van der Waals surface area contributed by atoms with Gasteiger partial charge in [-0.05, 0) is 37.4 Å². The van der Waals surface area contributed by atoms with Crippen LogP contribution in [0.15, 0.2) is 54.7 Å². The van der Waals surface area contributed by atoms with E-state index in [2.05, 4.69) is 34.4 Å². The second kappa shape index (κ2) is 10.3. The van der Waals surface area contributed by atoms with Gasteiger partial charge in [-0.3, -0.25) is 4.79 Å². The molecule has 0 fully saturated rings. The number of likely N-dealkylation sites (N-methyl/N-ethyl adjacent to an activating group) is 1. The van der Waals surface area contributed by atoms with Crippen LogP contribution in [-0.2, 0) is 6.18 Å². The molecule has 0 spiro atoms. The number of para-hydroxylation sites is 3. The molecule has 1 heterocycles. The van der Waals surface area contributed by atoms with Crippen LogP contribution in [0.3, 0.4) is 0 Å². The average molecular weight is 447 g/mol. The highest BCUT2D eigenvalue weighted by Crippen LogP contribution is 2.33. The van der Waals surface area contributed by atoms with Crippen LogP contribution in [0.2, 0.25) is 0 Å². The molecule has 0 aliphatic rings. The first-order valence-corrected chi connectivity index (χ1v) is 10.2. The van der Waals surface area contributed by atoms with Crippen LogP contribution in [0.4, 0.5) is 18.9 Å². The Hall–Kier alpha value is -3.40. The molecule has 32 heavy (non-hydrogen) atoms. The van der Waals surface area contributed by atoms with Crippen LogP contribution >= 0.6 is 0 Å². The molecule has 0 radical (unpaired) electrons. The smallest absolute Gasteiger partial charge is 0.418 e. The molecule has 1 N–H and O–H groups in total. The van der Waals surface area contributed by atoms with Gasteiger partial charge in [-0.1, -0.05) is 43.3 Å². The lowest BCUT2D eigenvalue weighted by atomic mass is 10.1. The molecule has 3 aromatic rings. The number of hydrogen-bond acceptors (Lipinski definition) is 5. The van der Waals surface area contributed by atoms with E-state index in [0.717, 1.165) is 36.6 Å². The number of hydrogen-bond donors (Lipinski definition) is 1. The largest absolute Gasteiger partial charge is 0.490 e. The summed E-state index contributed by atoms with van der Waals surface area (Å²) in [5, 5.41) is 10.1. The molecule has 1 amide bonds. The fourth-order valence-corrected chi connectivity index (χ4v) is 3.11. The Balaban J connectivity index is 1.73. The minimum absolute atomic E-state index is 0.125. The van der Waals surface area contributed by atoms with Crippen molar-refractivity contribution in [2.24, 2.45) is 0 Å². The third-order valence-electron chi connectivity index (χ3n) is 4.88. The van der Waals surface area contributed by atoms with Gasteiger partial charge >= 0.3 is 6.18 Å². The number of aromatic nitrogens is 3. The molecule has 0 saturated heterocycles. The SMILES string of the molecule is CCN(CC)CCOc1ccccc1NC(=O)c1cn(-c2ccccc2C(F)(F)F)nn1. The minimum atomic E-state index is -4.56. The van der Waals surface area contributed by atoms with Crippen LogP contribution in [-0.4, -0.2) is 52.0 Å². The zero-order valence-electron chi connectivity index (χ0n) is 17.8. The van der Waals surface area contributed by atoms with Gasteiger partial charge in [0.1, 0.15) is 12.4 Å². The van der Waals surface area contributed by atoms with Gasteiger partial charge in [0.05, 0.1) is 23.1 Å². The van der Waals surface area contributed by atoms with Gasteiger partial charge in [0, 0.05) is 6.54 Å². The average Bonchev–Trinajstić information content (AvgIpc) is 3.28. The molecule has 0 atom stereocenters. The van der Waals surface area contributed by atoms with Crippen molar-refractivity contribution in [1.82, 2.24) is 19.9 Å². The Morgan fingerprint density at radius 1 is 1.09 bits per heavy atom. The van der Waals surface area contributed by atoms with Crippen LogP contribution < -0.4 is 10.1 Å². The van der Waals surface area contributed by atoms with Crippen LogP contribution in [0, 0.1) is 0 Å². The van der Waals surface area contributed by atoms with Crippen molar-refractivity contribution in [3.05, 3.63) is 66.0 Å². The molecule has 170 valence electrons. The van der Waals surface area contributed by atoms with Gasteiger partial charge in [-0.2, -0.15) is 13.2 Å². The number of halogens is 3. The fourth-order valence-electron chi connectivity index (χ4n) is 3.11. The van der Waals surface area contributed by atoms with Gasteiger partial charge in [0.25, 0.3) is 5.91 Å². The molecule has 1 aromatic heterocycles. The van der Waals surface area contributed by atoms with E-state index in [-0.39, 0.29) is 11.4 Å². The van der Waals surface area contributed by atoms with Crippen molar-refractivity contribution in [3.8, 4) is 11.4 Å². The van der Waals surface area contributed by atoms with Crippen LogP contribution in [0.5, 0.6) is 5.75 Å².